The van der Waals surface area contributed by atoms with Crippen molar-refractivity contribution in [2.45, 2.75) is 26.2 Å². The van der Waals surface area contributed by atoms with Gasteiger partial charge in [-0.1, -0.05) is 0 Å². The first-order chi connectivity index (χ1) is 7.11. The van der Waals surface area contributed by atoms with Gasteiger partial charge in [-0.3, -0.25) is 0 Å². The molecule has 0 saturated heterocycles. The highest BCUT2D eigenvalue weighted by atomic mass is 16.4. The van der Waals surface area contributed by atoms with Gasteiger partial charge in [-0.05, 0) is 31.8 Å². The molecule has 0 aliphatic heterocycles. The molecule has 15 heavy (non-hydrogen) atoms. The topological polar surface area (TPSA) is 55.1 Å². The van der Waals surface area contributed by atoms with Crippen LogP contribution in [0.4, 0.5) is 0 Å². The van der Waals surface area contributed by atoms with Crippen LogP contribution in [0, 0.1) is 6.92 Å². The first kappa shape index (κ1) is 9.96. The van der Waals surface area contributed by atoms with E-state index in [0.29, 0.717) is 12.0 Å². The number of nitrogens with zero attached hydrogens (tertiary/aromatic N) is 2. The molecule has 0 radical (unpaired) electrons. The number of aromatic nitrogens is 2. The van der Waals surface area contributed by atoms with E-state index >= 15 is 0 Å². The number of aliphatic carboxylic acids is 1. The van der Waals surface area contributed by atoms with Crippen LogP contribution in [0.5, 0.6) is 0 Å². The van der Waals surface area contributed by atoms with Gasteiger partial charge in [0.1, 0.15) is 5.82 Å². The molecule has 80 valence electrons. The summed E-state index contributed by atoms with van der Waals surface area (Å²) >= 11 is 0. The molecule has 0 fully saturated rings. The monoisotopic (exact) mass is 206 g/mol. The smallest absolute Gasteiger partial charge is 0.331 e. The number of rotatable bonds is 2. The number of hydrogen-bond acceptors (Lipinski definition) is 2. The lowest BCUT2D eigenvalue weighted by atomic mass is 10.1. The van der Waals surface area contributed by atoms with Crippen LogP contribution in [0.1, 0.15) is 30.8 Å². The van der Waals surface area contributed by atoms with E-state index in [1.54, 1.807) is 6.20 Å². The molecule has 4 heteroatoms. The average molecular weight is 206 g/mol. The number of aryl methyl sites for hydroxylation is 1. The third kappa shape index (κ3) is 1.56. The van der Waals surface area contributed by atoms with E-state index in [0.717, 1.165) is 29.9 Å². The third-order valence-electron chi connectivity index (χ3n) is 3.01. The maximum absolute atomic E-state index is 11.0. The molecule has 0 bridgehead atoms. The number of allylic oxidation sites excluding steroid dienone is 1. The molecule has 0 unspecified atom stereocenters. The molecule has 1 N–H and O–H groups in total. The number of imidazole rings is 1. The van der Waals surface area contributed by atoms with Gasteiger partial charge in [0.05, 0.1) is 11.9 Å². The number of carbonyl (C=O) groups is 1. The van der Waals surface area contributed by atoms with Gasteiger partial charge in [-0.15, -0.1) is 0 Å². The average Bonchev–Trinajstić information content (AvgIpc) is 2.75. The van der Waals surface area contributed by atoms with Gasteiger partial charge in [-0.2, -0.15) is 0 Å². The Morgan fingerprint density at radius 1 is 1.53 bits per heavy atom. The van der Waals surface area contributed by atoms with Gasteiger partial charge in [0, 0.05) is 12.6 Å². The number of hydrogen-bond donors (Lipinski definition) is 1. The van der Waals surface area contributed by atoms with Crippen LogP contribution >= 0.6 is 0 Å². The minimum absolute atomic E-state index is 0.554. The van der Waals surface area contributed by atoms with Gasteiger partial charge < -0.3 is 9.67 Å². The van der Waals surface area contributed by atoms with Crippen molar-refractivity contribution in [3.05, 3.63) is 23.3 Å². The number of carboxylic acids is 1. The second-order valence-electron chi connectivity index (χ2n) is 3.87. The van der Waals surface area contributed by atoms with E-state index in [1.807, 2.05) is 18.5 Å². The molecule has 0 spiro atoms. The highest BCUT2D eigenvalue weighted by Crippen LogP contribution is 2.33. The van der Waals surface area contributed by atoms with Crippen molar-refractivity contribution in [2.75, 3.05) is 0 Å². The summed E-state index contributed by atoms with van der Waals surface area (Å²) in [5, 5.41) is 9.06. The molecule has 1 aromatic rings. The predicted octanol–water partition coefficient (Wildman–Crippen LogP) is 1.75. The van der Waals surface area contributed by atoms with Crippen LogP contribution < -0.4 is 0 Å². The van der Waals surface area contributed by atoms with E-state index in [4.69, 9.17) is 5.11 Å². The minimum Gasteiger partial charge on any atom is -0.478 e. The standard InChI is InChI=1S/C11H14N2O2/c1-7-12-6-10(13(7)2)8-4-3-5-9(8)11(14)15/h6H,3-5H2,1-2H3,(H,14,15). The summed E-state index contributed by atoms with van der Waals surface area (Å²) in [6.07, 6.45) is 4.22. The van der Waals surface area contributed by atoms with Crippen molar-refractivity contribution in [1.82, 2.24) is 9.55 Å². The molecule has 1 heterocycles. The van der Waals surface area contributed by atoms with Crippen LogP contribution in [0.15, 0.2) is 11.8 Å². The van der Waals surface area contributed by atoms with Crippen LogP contribution in [0.3, 0.4) is 0 Å². The Morgan fingerprint density at radius 2 is 2.27 bits per heavy atom. The van der Waals surface area contributed by atoms with Gasteiger partial charge in [0.25, 0.3) is 0 Å². The lowest BCUT2D eigenvalue weighted by Crippen LogP contribution is -2.03. The summed E-state index contributed by atoms with van der Waals surface area (Å²) < 4.78 is 1.95. The Labute approximate surface area is 88.3 Å². The molecular weight excluding hydrogens is 192 g/mol. The SMILES string of the molecule is Cc1ncc(C2=C(C(=O)O)CCC2)n1C. The molecule has 1 aliphatic carbocycles. The van der Waals surface area contributed by atoms with Crippen LogP contribution in [-0.2, 0) is 11.8 Å². The maximum Gasteiger partial charge on any atom is 0.331 e. The largest absolute Gasteiger partial charge is 0.478 e. The molecule has 0 amide bonds. The highest BCUT2D eigenvalue weighted by molar-refractivity contribution is 5.97. The zero-order valence-corrected chi connectivity index (χ0v) is 8.95. The second kappa shape index (κ2) is 3.53. The molecule has 1 aromatic heterocycles. The molecule has 0 saturated carbocycles. The normalized spacial score (nSPS) is 16.1. The van der Waals surface area contributed by atoms with Crippen molar-refractivity contribution in [3.63, 3.8) is 0 Å². The molecule has 0 atom stereocenters. The van der Waals surface area contributed by atoms with Gasteiger partial charge in [0.15, 0.2) is 0 Å². The summed E-state index contributed by atoms with van der Waals surface area (Å²) in [7, 11) is 1.92. The van der Waals surface area contributed by atoms with Crippen molar-refractivity contribution in [2.24, 2.45) is 7.05 Å². The Morgan fingerprint density at radius 3 is 2.80 bits per heavy atom. The Bertz CT molecular complexity index is 443. The zero-order chi connectivity index (χ0) is 11.0. The minimum atomic E-state index is -0.790. The van der Waals surface area contributed by atoms with E-state index in [-0.39, 0.29) is 0 Å². The fourth-order valence-corrected chi connectivity index (χ4v) is 2.04. The summed E-state index contributed by atoms with van der Waals surface area (Å²) in [6.45, 7) is 1.92. The fourth-order valence-electron chi connectivity index (χ4n) is 2.04. The van der Waals surface area contributed by atoms with Crippen LogP contribution in [-0.4, -0.2) is 20.6 Å². The Kier molecular flexibility index (Phi) is 2.34. The highest BCUT2D eigenvalue weighted by Gasteiger charge is 2.23. The Balaban J connectivity index is 2.50. The summed E-state index contributed by atoms with van der Waals surface area (Å²) in [6, 6.07) is 0. The zero-order valence-electron chi connectivity index (χ0n) is 8.95. The molecule has 2 rings (SSSR count). The number of carboxylic acid groups (broad SMARTS) is 1. The molecule has 4 nitrogen and oxygen atoms in total. The van der Waals surface area contributed by atoms with Gasteiger partial charge in [0.2, 0.25) is 0 Å². The first-order valence-corrected chi connectivity index (χ1v) is 5.05. The van der Waals surface area contributed by atoms with Crippen LogP contribution in [0.2, 0.25) is 0 Å². The summed E-state index contributed by atoms with van der Waals surface area (Å²) in [5.74, 6) is 0.121. The van der Waals surface area contributed by atoms with Crippen molar-refractivity contribution in [1.29, 1.82) is 0 Å². The molecule has 1 aliphatic rings. The summed E-state index contributed by atoms with van der Waals surface area (Å²) in [4.78, 5) is 15.2. The third-order valence-corrected chi connectivity index (χ3v) is 3.01. The predicted molar refractivity (Wildman–Crippen MR) is 56.4 cm³/mol. The van der Waals surface area contributed by atoms with Gasteiger partial charge >= 0.3 is 5.97 Å². The Hall–Kier alpha value is -1.58. The van der Waals surface area contributed by atoms with E-state index < -0.39 is 5.97 Å². The van der Waals surface area contributed by atoms with Crippen molar-refractivity contribution < 1.29 is 9.90 Å². The second-order valence-corrected chi connectivity index (χ2v) is 3.87. The van der Waals surface area contributed by atoms with Gasteiger partial charge in [-0.25, -0.2) is 9.78 Å². The quantitative estimate of drug-likeness (QED) is 0.802. The van der Waals surface area contributed by atoms with Crippen LogP contribution in [0.25, 0.3) is 5.57 Å². The first-order valence-electron chi connectivity index (χ1n) is 5.05. The maximum atomic E-state index is 11.0. The molecular formula is C11H14N2O2. The van der Waals surface area contributed by atoms with E-state index in [2.05, 4.69) is 4.98 Å². The van der Waals surface area contributed by atoms with E-state index in [1.165, 1.54) is 0 Å². The van der Waals surface area contributed by atoms with E-state index in [9.17, 15) is 4.79 Å². The lowest BCUT2D eigenvalue weighted by molar-refractivity contribution is -0.132. The molecule has 0 aromatic carbocycles. The van der Waals surface area contributed by atoms with Crippen molar-refractivity contribution in [3.8, 4) is 0 Å². The fraction of sp³-hybridized carbons (Fsp3) is 0.455. The lowest BCUT2D eigenvalue weighted by Gasteiger charge is -2.05. The summed E-state index contributed by atoms with van der Waals surface area (Å²) in [5.41, 5.74) is 2.45. The van der Waals surface area contributed by atoms with Crippen molar-refractivity contribution >= 4 is 11.5 Å².